The number of nitrogens with one attached hydrogen (secondary N) is 2. The lowest BCUT2D eigenvalue weighted by atomic mass is 9.93. The molecule has 0 radical (unpaired) electrons. The Balaban J connectivity index is -0.000000607. The number of hydrogen-bond acceptors (Lipinski definition) is 19. The molecule has 142 heavy (non-hydrogen) atoms. The number of benzene rings is 5. The second-order valence-corrected chi connectivity index (χ2v) is 72.8. The quantitative estimate of drug-likeness (QED) is 0.00796. The van der Waals surface area contributed by atoms with Crippen LogP contribution in [-0.2, 0) is 70.2 Å². The van der Waals surface area contributed by atoms with Crippen LogP contribution < -0.4 is 15.9 Å². The highest BCUT2D eigenvalue weighted by molar-refractivity contribution is 8.47. The molecule has 32 heteroatoms. The molecule has 0 saturated carbocycles. The average molecular weight is 2200 g/mol. The Morgan fingerprint density at radius 3 is 1.15 bits per heavy atom. The fraction of sp³-hybridized carbons (Fsp3) is 0.600. The number of aliphatic hydroxyl groups is 1. The highest BCUT2D eigenvalue weighted by Crippen LogP contribution is 2.46. The lowest BCUT2D eigenvalue weighted by Gasteiger charge is -2.39. The summed E-state index contributed by atoms with van der Waals surface area (Å²) < 4.78 is 28.9. The molecule has 0 aliphatic rings. The number of unbranched alkanes of at least 4 members (excludes halogenated alkanes) is 10. The minimum Gasteiger partial charge on any atom is -0.481 e. The van der Waals surface area contributed by atoms with E-state index in [0.717, 1.165) is 101 Å². The highest BCUT2D eigenvalue weighted by atomic mass is 32.2. The molecule has 808 valence electrons. The number of carboxylic acids is 2. The number of carbonyl (C=O) groups is 8. The molecule has 5 rings (SSSR count). The maximum absolute atomic E-state index is 13.8. The number of nitrogens with zero attached hydrogens (tertiary/aromatic N) is 2. The first-order valence-corrected chi connectivity index (χ1v) is 73.7. The van der Waals surface area contributed by atoms with E-state index in [1.54, 1.807) is 51.8 Å². The van der Waals surface area contributed by atoms with E-state index >= 15 is 0 Å². The van der Waals surface area contributed by atoms with Crippen LogP contribution in [0.25, 0.3) is 0 Å². The number of hydrogen-bond donors (Lipinski definition) is 5. The normalized spacial score (nSPS) is 11.6. The molecule has 0 saturated heterocycles. The number of aliphatic hydroxyl groups excluding tert-OH is 1. The van der Waals surface area contributed by atoms with Crippen molar-refractivity contribution >= 4 is 189 Å². The van der Waals surface area contributed by atoms with Gasteiger partial charge in [0, 0.05) is 83.5 Å². The van der Waals surface area contributed by atoms with Crippen LogP contribution in [0.3, 0.4) is 0 Å². The van der Waals surface area contributed by atoms with Gasteiger partial charge in [0.05, 0.1) is 13.2 Å². The van der Waals surface area contributed by atoms with Gasteiger partial charge in [-0.3, -0.25) is 38.4 Å². The van der Waals surface area contributed by atoms with Crippen molar-refractivity contribution < 1.29 is 70.1 Å². The van der Waals surface area contributed by atoms with Crippen LogP contribution >= 0.6 is 79.4 Å². The summed E-state index contributed by atoms with van der Waals surface area (Å²) >= 11 is 17.9. The maximum Gasteiger partial charge on any atom is 0.311 e. The van der Waals surface area contributed by atoms with Crippen molar-refractivity contribution in [2.75, 3.05) is 59.4 Å². The minimum atomic E-state index is -2.23. The van der Waals surface area contributed by atoms with E-state index < -0.39 is 75.5 Å². The highest BCUT2D eigenvalue weighted by Gasteiger charge is 2.42. The van der Waals surface area contributed by atoms with Gasteiger partial charge in [0.25, 0.3) is 0 Å². The van der Waals surface area contributed by atoms with Gasteiger partial charge in [-0.05, 0) is 295 Å². The van der Waals surface area contributed by atoms with Gasteiger partial charge in [-0.15, -0.1) is 35.3 Å². The number of carbonyl (C=O) groups excluding carboxylic acids is 6. The van der Waals surface area contributed by atoms with E-state index in [1.165, 1.54) is 134 Å². The maximum atomic E-state index is 13.8. The zero-order chi connectivity index (χ0) is 105. The van der Waals surface area contributed by atoms with Gasteiger partial charge in [-0.25, -0.2) is 0 Å². The van der Waals surface area contributed by atoms with Crippen molar-refractivity contribution in [3.8, 4) is 0 Å². The number of amides is 4. The second-order valence-electron chi connectivity index (χ2n) is 39.1. The van der Waals surface area contributed by atoms with E-state index in [0.29, 0.717) is 62.7 Å². The summed E-state index contributed by atoms with van der Waals surface area (Å²) in [7, 11) is -6.21. The van der Waals surface area contributed by atoms with Gasteiger partial charge in [-0.2, -0.15) is 0 Å². The number of aliphatic carboxylic acids is 2. The van der Waals surface area contributed by atoms with Crippen molar-refractivity contribution in [1.82, 2.24) is 20.4 Å². The summed E-state index contributed by atoms with van der Waals surface area (Å²) in [6.45, 7) is 57.9. The second kappa shape index (κ2) is 79.0. The molecule has 5 aromatic rings. The van der Waals surface area contributed by atoms with Crippen LogP contribution in [0.2, 0.25) is 103 Å². The van der Waals surface area contributed by atoms with Crippen LogP contribution in [0.15, 0.2) is 128 Å². The molecule has 4 amide bonds. The van der Waals surface area contributed by atoms with Gasteiger partial charge in [0.1, 0.15) is 7.06 Å². The van der Waals surface area contributed by atoms with Crippen LogP contribution in [0.4, 0.5) is 0 Å². The van der Waals surface area contributed by atoms with E-state index in [1.807, 2.05) is 120 Å². The van der Waals surface area contributed by atoms with Gasteiger partial charge >= 0.3 is 29.1 Å². The largest absolute Gasteiger partial charge is 0.481 e. The summed E-state index contributed by atoms with van der Waals surface area (Å²) in [4.78, 5) is 99.5. The SMILES string of the molecule is C.C.C.C.C=CC(=O)N(C)C.C=CC(=O)NCCCCC(=O)O.CCCCCCSC(=S)SC(CC(CCc1ccc(CC[Si](C)(C)O[Si](C)(C)O[Si](C)(C)CCCC)cc1)C(=O)N(C)C)C(=O)NCCCCC(=O)O.CCCCCCSC(=S)SCc1ccc(CC[Si](C)(C)O[Si](C)(C)O[Si](C)(C)CCCC)cc1.CCO.Cc1cc(C)c(C(=O)P(C(=O)c2c(C)cc(C)cc2C)c2ccccc2)c(C)c1. The molecule has 0 aliphatic heterocycles. The summed E-state index contributed by atoms with van der Waals surface area (Å²) in [5.74, 6) is 0.673. The van der Waals surface area contributed by atoms with Crippen molar-refractivity contribution in [1.29, 1.82) is 0 Å². The van der Waals surface area contributed by atoms with Gasteiger partial charge in [0.2, 0.25) is 23.6 Å². The zero-order valence-electron chi connectivity index (χ0n) is 89.4. The molecular weight excluding hydrogens is 2010 g/mol. The molecule has 5 N–H and O–H groups in total. The molecule has 2 unspecified atom stereocenters. The molecule has 0 aromatic heterocycles. The molecule has 0 aliphatic carbocycles. The summed E-state index contributed by atoms with van der Waals surface area (Å²) in [6.07, 6.45) is 23.6. The first kappa shape index (κ1) is 145. The fourth-order valence-corrected chi connectivity index (χ4v) is 51.0. The summed E-state index contributed by atoms with van der Waals surface area (Å²) in [5.41, 5.74) is 12.4. The van der Waals surface area contributed by atoms with E-state index in [-0.39, 0.29) is 89.8 Å². The molecule has 0 heterocycles. The van der Waals surface area contributed by atoms with Gasteiger partial charge < -0.3 is 52.2 Å². The smallest absolute Gasteiger partial charge is 0.311 e. The fourth-order valence-electron chi connectivity index (χ4n) is 15.7. The Hall–Kier alpha value is -5.15. The summed E-state index contributed by atoms with van der Waals surface area (Å²) in [6, 6.07) is 40.1. The number of aryl methyl sites for hydroxylation is 9. The summed E-state index contributed by atoms with van der Waals surface area (Å²) in [5, 5.41) is 30.6. The van der Waals surface area contributed by atoms with Crippen molar-refractivity contribution in [2.45, 2.75) is 367 Å². The third-order valence-corrected chi connectivity index (χ3v) is 52.6. The first-order chi connectivity index (χ1) is 64.6. The van der Waals surface area contributed by atoms with E-state index in [4.69, 9.17) is 56.2 Å². The monoisotopic (exact) mass is 2200 g/mol. The lowest BCUT2D eigenvalue weighted by molar-refractivity contribution is -0.138. The van der Waals surface area contributed by atoms with Crippen molar-refractivity contribution in [3.05, 3.63) is 195 Å². The standard InChI is InChI=1S/C39H72N2O6S3Si3.C26H27O2P.C26H50O2S3Si3.C8H13NO3.C5H9NO.C2H6O.4CH4/c1-11-13-15-18-28-49-39(48)50-35(37(44)40-27-17-16-19-36(42)43)31-34(38(45)41(3)4)25-24-32-20-22-33(23-21-32)26-30-52(7,8)47-53(9,10)46-51(5,6)29-14-12-2;1-16-12-18(3)23(19(4)13-16)25(27)29(22-10-8-7-9-11-22)26(28)24-20(5)14-17(2)15-21(24)6;1-9-11-13-14-20-30-26(29)31-23-25-17-15-24(16-18-25)19-22-33(5,6)28-34(7,8)27-32(3,4)21-12-10-2;1-2-7(10)9-6-4-3-5-8(11)12;1-4-5(7)6(2)3;1-2-3;;;;/h20-23,34-35H,11-19,24-31H2,1-10H3,(H,40,44)(H,42,43);7-15H,1-6H3;15-18H,9-14,19-23H2,1-8H3;2H,1,3-6H2,(H,9,10)(H,11,12);4H,1H2,2-3H3;3H,2H2,1H3;4*1H4. The molecule has 5 aromatic carbocycles. The van der Waals surface area contributed by atoms with Gasteiger partial charge in [-0.1, -0.05) is 285 Å². The predicted molar refractivity (Wildman–Crippen MR) is 645 cm³/mol. The van der Waals surface area contributed by atoms with Crippen LogP contribution in [-0.4, -0.2) is 194 Å². The lowest BCUT2D eigenvalue weighted by Crippen LogP contribution is -2.52. The number of thioether (sulfide) groups is 4. The Morgan fingerprint density at radius 1 is 0.451 bits per heavy atom. The molecule has 0 bridgehead atoms. The molecule has 2 atom stereocenters. The minimum absolute atomic E-state index is 0. The third kappa shape index (κ3) is 67.7. The van der Waals surface area contributed by atoms with Crippen molar-refractivity contribution in [3.63, 3.8) is 0 Å². The topological polar surface area (TPSA) is 265 Å². The third-order valence-electron chi connectivity index (χ3n) is 22.1. The van der Waals surface area contributed by atoms with E-state index in [2.05, 4.69) is 179 Å². The van der Waals surface area contributed by atoms with Gasteiger partial charge in [0.15, 0.2) is 44.3 Å². The average Bonchev–Trinajstić information content (AvgIpc) is 0.774. The molecular formula is C110H193N4O15PS6Si6. The van der Waals surface area contributed by atoms with Crippen LogP contribution in [0, 0.1) is 47.5 Å². The Labute approximate surface area is 899 Å². The Kier molecular flexibility index (Phi) is 80.8. The number of carboxylic acid groups (broad SMARTS) is 2. The van der Waals surface area contributed by atoms with Crippen LogP contribution in [0.1, 0.15) is 269 Å². The first-order valence-electron chi connectivity index (χ1n) is 49.6. The Bertz CT molecular complexity index is 4360. The van der Waals surface area contributed by atoms with E-state index in [9.17, 15) is 38.4 Å². The molecule has 19 nitrogen and oxygen atoms in total. The number of likely N-dealkylation sites (N-methyl/N-ethyl adjacent to an activating group) is 1. The predicted octanol–water partition coefficient (Wildman–Crippen LogP) is 30.0. The van der Waals surface area contributed by atoms with Crippen molar-refractivity contribution in [2.24, 2.45) is 5.92 Å². The number of thiocarbonyl (C=S) groups is 2. The van der Waals surface area contributed by atoms with Crippen LogP contribution in [0.5, 0.6) is 0 Å². The number of rotatable bonds is 57. The zero-order valence-corrected chi connectivity index (χ0v) is 101. The molecule has 0 spiro atoms. The molecule has 0 fully saturated rings. The Morgan fingerprint density at radius 2 is 0.810 bits per heavy atom.